The van der Waals surface area contributed by atoms with Gasteiger partial charge in [-0.15, -0.1) is 0 Å². The first-order valence-electron chi connectivity index (χ1n) is 8.34. The Morgan fingerprint density at radius 2 is 1.89 bits per heavy atom. The van der Waals surface area contributed by atoms with E-state index < -0.39 is 0 Å². The predicted octanol–water partition coefficient (Wildman–Crippen LogP) is 3.03. The predicted molar refractivity (Wildman–Crippen MR) is 76.7 cm³/mol. The zero-order chi connectivity index (χ0) is 12.4. The van der Waals surface area contributed by atoms with Crippen LogP contribution in [0.3, 0.4) is 0 Å². The molecule has 3 rings (SSSR count). The number of nitrogens with zero attached hydrogens (tertiary/aromatic N) is 1. The number of rotatable bonds is 5. The summed E-state index contributed by atoms with van der Waals surface area (Å²) >= 11 is 0. The third kappa shape index (κ3) is 3.08. The molecule has 0 spiro atoms. The molecule has 0 radical (unpaired) electrons. The topological polar surface area (TPSA) is 15.3 Å². The zero-order valence-corrected chi connectivity index (χ0v) is 12.0. The van der Waals surface area contributed by atoms with Crippen molar-refractivity contribution >= 4 is 0 Å². The maximum Gasteiger partial charge on any atom is 0.0195 e. The number of hydrogen-bond donors (Lipinski definition) is 1. The quantitative estimate of drug-likeness (QED) is 0.807. The SMILES string of the molecule is CCN(CC1CCCN1)C1CCCC(C2CC2)C1. The molecule has 1 aliphatic heterocycles. The van der Waals surface area contributed by atoms with Gasteiger partial charge in [-0.3, -0.25) is 4.90 Å². The van der Waals surface area contributed by atoms with Gasteiger partial charge in [-0.2, -0.15) is 0 Å². The van der Waals surface area contributed by atoms with Crippen molar-refractivity contribution in [1.82, 2.24) is 10.2 Å². The fourth-order valence-corrected chi connectivity index (χ4v) is 4.26. The second kappa shape index (κ2) is 5.92. The minimum atomic E-state index is 0.784. The minimum Gasteiger partial charge on any atom is -0.313 e. The molecule has 2 nitrogen and oxygen atoms in total. The Balaban J connectivity index is 1.52. The number of hydrogen-bond acceptors (Lipinski definition) is 2. The fourth-order valence-electron chi connectivity index (χ4n) is 4.26. The second-order valence-corrected chi connectivity index (χ2v) is 6.80. The van der Waals surface area contributed by atoms with Crippen LogP contribution < -0.4 is 5.32 Å². The lowest BCUT2D eigenvalue weighted by molar-refractivity contribution is 0.119. The molecule has 0 bridgehead atoms. The standard InChI is InChI=1S/C16H30N2/c1-2-18(12-15-6-4-10-17-15)16-7-3-5-14(11-16)13-8-9-13/h13-17H,2-12H2,1H3. The lowest BCUT2D eigenvalue weighted by atomic mass is 9.82. The van der Waals surface area contributed by atoms with E-state index in [1.807, 2.05) is 0 Å². The third-order valence-corrected chi connectivity index (χ3v) is 5.52. The Morgan fingerprint density at radius 1 is 1.00 bits per heavy atom. The highest BCUT2D eigenvalue weighted by Crippen LogP contribution is 2.44. The summed E-state index contributed by atoms with van der Waals surface area (Å²) in [7, 11) is 0. The molecule has 2 saturated carbocycles. The summed E-state index contributed by atoms with van der Waals surface area (Å²) in [6.07, 6.45) is 11.8. The first kappa shape index (κ1) is 12.9. The summed E-state index contributed by atoms with van der Waals surface area (Å²) in [5.74, 6) is 2.20. The molecule has 0 aromatic rings. The fraction of sp³-hybridized carbons (Fsp3) is 1.00. The van der Waals surface area contributed by atoms with Crippen molar-refractivity contribution in [3.05, 3.63) is 0 Å². The van der Waals surface area contributed by atoms with Crippen molar-refractivity contribution in [2.75, 3.05) is 19.6 Å². The van der Waals surface area contributed by atoms with Gasteiger partial charge in [-0.05, 0) is 63.5 Å². The molecule has 3 unspecified atom stereocenters. The van der Waals surface area contributed by atoms with Crippen LogP contribution in [0.1, 0.15) is 58.3 Å². The molecule has 3 aliphatic rings. The number of nitrogens with one attached hydrogen (secondary N) is 1. The van der Waals surface area contributed by atoms with Crippen molar-refractivity contribution in [3.63, 3.8) is 0 Å². The van der Waals surface area contributed by atoms with Crippen LogP contribution in [0, 0.1) is 11.8 Å². The molecule has 2 aliphatic carbocycles. The van der Waals surface area contributed by atoms with E-state index in [4.69, 9.17) is 0 Å². The van der Waals surface area contributed by atoms with Gasteiger partial charge in [-0.25, -0.2) is 0 Å². The maximum absolute atomic E-state index is 3.67. The first-order chi connectivity index (χ1) is 8.86. The molecule has 2 heteroatoms. The van der Waals surface area contributed by atoms with E-state index in [-0.39, 0.29) is 0 Å². The molecule has 0 aromatic carbocycles. The minimum absolute atomic E-state index is 0.784. The van der Waals surface area contributed by atoms with E-state index >= 15 is 0 Å². The molecule has 3 atom stereocenters. The maximum atomic E-state index is 3.67. The molecule has 1 saturated heterocycles. The van der Waals surface area contributed by atoms with Gasteiger partial charge in [0.05, 0.1) is 0 Å². The van der Waals surface area contributed by atoms with Crippen molar-refractivity contribution in [3.8, 4) is 0 Å². The molecule has 104 valence electrons. The summed E-state index contributed by atoms with van der Waals surface area (Å²) in [6.45, 7) is 6.16. The van der Waals surface area contributed by atoms with Gasteiger partial charge < -0.3 is 5.32 Å². The van der Waals surface area contributed by atoms with E-state index in [0.29, 0.717) is 0 Å². The van der Waals surface area contributed by atoms with Crippen LogP contribution in [0.25, 0.3) is 0 Å². The molecule has 1 N–H and O–H groups in total. The largest absolute Gasteiger partial charge is 0.313 e. The van der Waals surface area contributed by atoms with Gasteiger partial charge in [0.25, 0.3) is 0 Å². The monoisotopic (exact) mass is 250 g/mol. The zero-order valence-electron chi connectivity index (χ0n) is 12.0. The Labute approximate surface area is 113 Å². The van der Waals surface area contributed by atoms with Crippen molar-refractivity contribution < 1.29 is 0 Å². The van der Waals surface area contributed by atoms with E-state index in [9.17, 15) is 0 Å². The van der Waals surface area contributed by atoms with Crippen molar-refractivity contribution in [2.24, 2.45) is 11.8 Å². The van der Waals surface area contributed by atoms with E-state index in [2.05, 4.69) is 17.1 Å². The molecule has 0 amide bonds. The average Bonchev–Trinajstić information content (AvgIpc) is 3.14. The lowest BCUT2D eigenvalue weighted by Crippen LogP contribution is -2.45. The van der Waals surface area contributed by atoms with Crippen LogP contribution in [-0.4, -0.2) is 36.6 Å². The molecule has 18 heavy (non-hydrogen) atoms. The lowest BCUT2D eigenvalue weighted by Gasteiger charge is -2.38. The highest BCUT2D eigenvalue weighted by Gasteiger charge is 2.36. The van der Waals surface area contributed by atoms with Crippen LogP contribution >= 0.6 is 0 Å². The van der Waals surface area contributed by atoms with Gasteiger partial charge in [0.1, 0.15) is 0 Å². The summed E-state index contributed by atoms with van der Waals surface area (Å²) in [5.41, 5.74) is 0. The first-order valence-corrected chi connectivity index (χ1v) is 8.34. The highest BCUT2D eigenvalue weighted by molar-refractivity contribution is 4.90. The van der Waals surface area contributed by atoms with Gasteiger partial charge in [0, 0.05) is 18.6 Å². The smallest absolute Gasteiger partial charge is 0.0195 e. The summed E-state index contributed by atoms with van der Waals surface area (Å²) in [5, 5.41) is 3.67. The van der Waals surface area contributed by atoms with Gasteiger partial charge in [0.2, 0.25) is 0 Å². The Morgan fingerprint density at radius 3 is 2.56 bits per heavy atom. The highest BCUT2D eigenvalue weighted by atomic mass is 15.2. The Hall–Kier alpha value is -0.0800. The van der Waals surface area contributed by atoms with E-state index in [1.165, 1.54) is 71.0 Å². The van der Waals surface area contributed by atoms with E-state index in [0.717, 1.165) is 23.9 Å². The number of likely N-dealkylation sites (N-methyl/N-ethyl adjacent to an activating group) is 1. The summed E-state index contributed by atoms with van der Waals surface area (Å²) < 4.78 is 0. The summed E-state index contributed by atoms with van der Waals surface area (Å²) in [4.78, 5) is 2.79. The third-order valence-electron chi connectivity index (χ3n) is 5.52. The van der Waals surface area contributed by atoms with Crippen LogP contribution in [0.15, 0.2) is 0 Å². The van der Waals surface area contributed by atoms with Gasteiger partial charge >= 0.3 is 0 Å². The van der Waals surface area contributed by atoms with Gasteiger partial charge in [-0.1, -0.05) is 19.8 Å². The van der Waals surface area contributed by atoms with E-state index in [1.54, 1.807) is 0 Å². The van der Waals surface area contributed by atoms with Crippen molar-refractivity contribution in [1.29, 1.82) is 0 Å². The average molecular weight is 250 g/mol. The van der Waals surface area contributed by atoms with Crippen molar-refractivity contribution in [2.45, 2.75) is 70.4 Å². The van der Waals surface area contributed by atoms with Crippen LogP contribution in [-0.2, 0) is 0 Å². The van der Waals surface area contributed by atoms with Gasteiger partial charge in [0.15, 0.2) is 0 Å². The summed E-state index contributed by atoms with van der Waals surface area (Å²) in [6, 6.07) is 1.68. The molecular formula is C16H30N2. The Kier molecular flexibility index (Phi) is 4.25. The molecular weight excluding hydrogens is 220 g/mol. The second-order valence-electron chi connectivity index (χ2n) is 6.80. The molecule has 3 fully saturated rings. The molecule has 0 aromatic heterocycles. The van der Waals surface area contributed by atoms with Crippen LogP contribution in [0.4, 0.5) is 0 Å². The Bertz CT molecular complexity index is 254. The normalized spacial score (nSPS) is 37.3. The van der Waals surface area contributed by atoms with Crippen LogP contribution in [0.2, 0.25) is 0 Å². The van der Waals surface area contributed by atoms with Crippen LogP contribution in [0.5, 0.6) is 0 Å². The molecule has 1 heterocycles.